The van der Waals surface area contributed by atoms with Crippen LogP contribution in [0, 0.1) is 0 Å². The van der Waals surface area contributed by atoms with Crippen LogP contribution in [0.25, 0.3) is 21.7 Å². The molecule has 0 aliphatic rings. The maximum Gasteiger partial charge on any atom is 0.573 e. The number of hydrogen-bond donors (Lipinski definition) is 2. The largest absolute Gasteiger partial charge is 0.573 e. The number of nitrogens with one attached hydrogen (secondary N) is 2. The summed E-state index contributed by atoms with van der Waals surface area (Å²) in [5.74, 6) is 0.722. The number of amides is 1. The molecule has 0 atom stereocenters. The van der Waals surface area contributed by atoms with E-state index in [1.165, 1.54) is 24.1 Å². The Hall–Kier alpha value is -5.18. The average Bonchev–Trinajstić information content (AvgIpc) is 3.49. The highest BCUT2D eigenvalue weighted by Gasteiger charge is 2.32. The summed E-state index contributed by atoms with van der Waals surface area (Å²) in [7, 11) is 1.32. The fraction of sp³-hybridized carbons (Fsp3) is 0.333. The molecule has 3 aromatic heterocycles. The van der Waals surface area contributed by atoms with Gasteiger partial charge in [0.1, 0.15) is 28.8 Å². The average molecular weight is 700 g/mol. The molecule has 0 saturated carbocycles. The van der Waals surface area contributed by atoms with E-state index in [-0.39, 0.29) is 24.5 Å². The molecule has 0 radical (unpaired) electrons. The number of alkyl halides is 3. The first-order valence-corrected chi connectivity index (χ1v) is 15.5. The standard InChI is InChI=1S/C33H33ClF3N7O5/c1-32(2,3)49-31(46)44(18-19-5-8-26(24(34)15-19)48-33(35,36)37)14-11-28-41-27(42-43-28)10-13-39-29-22-9-12-38-17-23(22)21-7-6-20(30(45)47-4)16-25(21)40-29/h5-9,12,15-17H,10-11,13-14,18H2,1-4H3,(H,39,40)(H,41,42,43). The lowest BCUT2D eigenvalue weighted by Gasteiger charge is -2.27. The Balaban J connectivity index is 1.25. The summed E-state index contributed by atoms with van der Waals surface area (Å²) < 4.78 is 52.4. The molecule has 16 heteroatoms. The molecule has 12 nitrogen and oxygen atoms in total. The molecule has 0 saturated heterocycles. The number of H-pyrrole nitrogens is 1. The van der Waals surface area contributed by atoms with E-state index >= 15 is 0 Å². The number of esters is 1. The lowest BCUT2D eigenvalue weighted by Crippen LogP contribution is -2.37. The molecule has 3 heterocycles. The van der Waals surface area contributed by atoms with Gasteiger partial charge in [0.2, 0.25) is 0 Å². The van der Waals surface area contributed by atoms with Crippen molar-refractivity contribution in [1.29, 1.82) is 0 Å². The van der Waals surface area contributed by atoms with Crippen LogP contribution in [-0.4, -0.2) is 74.3 Å². The lowest BCUT2D eigenvalue weighted by molar-refractivity contribution is -0.274. The van der Waals surface area contributed by atoms with E-state index < -0.39 is 29.8 Å². The highest BCUT2D eigenvalue weighted by atomic mass is 35.5. The molecular weight excluding hydrogens is 667 g/mol. The van der Waals surface area contributed by atoms with Gasteiger partial charge in [-0.1, -0.05) is 23.7 Å². The SMILES string of the molecule is COC(=O)c1ccc2c(c1)nc(NCCc1nnc(CCN(Cc3ccc(OC(F)(F)F)c(Cl)c3)C(=O)OC(C)(C)C)[nH]1)c1ccncc12. The third kappa shape index (κ3) is 9.25. The molecule has 0 aliphatic carbocycles. The Labute approximate surface area is 283 Å². The fourth-order valence-electron chi connectivity index (χ4n) is 4.96. The van der Waals surface area contributed by atoms with Gasteiger partial charge < -0.3 is 29.4 Å². The first-order chi connectivity index (χ1) is 23.2. The summed E-state index contributed by atoms with van der Waals surface area (Å²) >= 11 is 6.03. The topological polar surface area (TPSA) is 144 Å². The number of carbonyl (C=O) groups excluding carboxylic acids is 2. The summed E-state index contributed by atoms with van der Waals surface area (Å²) in [6.45, 7) is 5.80. The maximum atomic E-state index is 13.1. The Morgan fingerprint density at radius 1 is 0.980 bits per heavy atom. The first-order valence-electron chi connectivity index (χ1n) is 15.1. The molecule has 2 aromatic carbocycles. The molecule has 0 unspecified atom stereocenters. The number of benzene rings is 2. The van der Waals surface area contributed by atoms with Crippen molar-refractivity contribution in [2.45, 2.75) is 52.1 Å². The second-order valence-corrected chi connectivity index (χ2v) is 12.4. The number of anilines is 1. The zero-order valence-corrected chi connectivity index (χ0v) is 27.8. The van der Waals surface area contributed by atoms with Gasteiger partial charge in [0.25, 0.3) is 0 Å². The van der Waals surface area contributed by atoms with Crippen LogP contribution >= 0.6 is 11.6 Å². The number of methoxy groups -OCH3 is 1. The number of pyridine rings is 2. The van der Waals surface area contributed by atoms with E-state index in [2.05, 4.69) is 30.2 Å². The first kappa shape index (κ1) is 35.1. The minimum absolute atomic E-state index is 0.00913. The Bertz CT molecular complexity index is 1980. The molecule has 1 amide bonds. The Morgan fingerprint density at radius 2 is 1.73 bits per heavy atom. The van der Waals surface area contributed by atoms with Crippen molar-refractivity contribution in [1.82, 2.24) is 30.0 Å². The maximum absolute atomic E-state index is 13.1. The van der Waals surface area contributed by atoms with E-state index in [0.717, 1.165) is 22.2 Å². The van der Waals surface area contributed by atoms with Crippen LogP contribution in [-0.2, 0) is 28.9 Å². The third-order valence-electron chi connectivity index (χ3n) is 7.12. The van der Waals surface area contributed by atoms with Gasteiger partial charge in [0, 0.05) is 61.0 Å². The molecule has 0 spiro atoms. The van der Waals surface area contributed by atoms with Crippen LogP contribution in [0.2, 0.25) is 5.02 Å². The van der Waals surface area contributed by atoms with E-state index in [0.29, 0.717) is 47.1 Å². The minimum atomic E-state index is -4.89. The van der Waals surface area contributed by atoms with Gasteiger partial charge in [-0.2, -0.15) is 0 Å². The Kier molecular flexibility index (Phi) is 10.4. The van der Waals surface area contributed by atoms with Crippen molar-refractivity contribution in [2.75, 3.05) is 25.5 Å². The number of carbonyl (C=O) groups is 2. The van der Waals surface area contributed by atoms with Gasteiger partial charge in [0.15, 0.2) is 0 Å². The number of hydrogen-bond acceptors (Lipinski definition) is 10. The van der Waals surface area contributed by atoms with E-state index in [4.69, 9.17) is 26.1 Å². The molecule has 258 valence electrons. The highest BCUT2D eigenvalue weighted by molar-refractivity contribution is 6.32. The van der Waals surface area contributed by atoms with Crippen LogP contribution in [0.3, 0.4) is 0 Å². The number of ether oxygens (including phenoxy) is 3. The van der Waals surface area contributed by atoms with Gasteiger partial charge in [-0.25, -0.2) is 14.6 Å². The van der Waals surface area contributed by atoms with Crippen molar-refractivity contribution < 1.29 is 37.0 Å². The lowest BCUT2D eigenvalue weighted by atomic mass is 10.1. The van der Waals surface area contributed by atoms with Crippen LogP contribution < -0.4 is 10.1 Å². The summed E-state index contributed by atoms with van der Waals surface area (Å²) in [5.41, 5.74) is 0.681. The second-order valence-electron chi connectivity index (χ2n) is 12.0. The molecular formula is C33H33ClF3N7O5. The molecule has 2 N–H and O–H groups in total. The monoisotopic (exact) mass is 699 g/mol. The molecule has 0 bridgehead atoms. The zero-order chi connectivity index (χ0) is 35.3. The zero-order valence-electron chi connectivity index (χ0n) is 27.0. The molecule has 49 heavy (non-hydrogen) atoms. The summed E-state index contributed by atoms with van der Waals surface area (Å²) in [5, 5.41) is 14.1. The second kappa shape index (κ2) is 14.5. The van der Waals surface area contributed by atoms with Crippen LogP contribution in [0.1, 0.15) is 48.3 Å². The summed E-state index contributed by atoms with van der Waals surface area (Å²) in [6.07, 6.45) is -1.34. The predicted molar refractivity (Wildman–Crippen MR) is 175 cm³/mol. The van der Waals surface area contributed by atoms with Crippen LogP contribution in [0.4, 0.5) is 23.8 Å². The third-order valence-corrected chi connectivity index (χ3v) is 7.41. The molecule has 5 rings (SSSR count). The number of aromatic amines is 1. The van der Waals surface area contributed by atoms with Gasteiger partial charge in [0.05, 0.1) is 23.2 Å². The van der Waals surface area contributed by atoms with Crippen molar-refractivity contribution in [3.63, 3.8) is 0 Å². The minimum Gasteiger partial charge on any atom is -0.465 e. The number of fused-ring (bicyclic) bond motifs is 3. The molecule has 0 aliphatic heterocycles. The number of halogens is 4. The number of nitrogens with zero attached hydrogens (tertiary/aromatic N) is 5. The van der Waals surface area contributed by atoms with E-state index in [1.54, 1.807) is 45.3 Å². The number of rotatable bonds is 11. The fourth-order valence-corrected chi connectivity index (χ4v) is 5.20. The van der Waals surface area contributed by atoms with Gasteiger partial charge >= 0.3 is 18.4 Å². The van der Waals surface area contributed by atoms with Crippen LogP contribution in [0.15, 0.2) is 54.9 Å². The van der Waals surface area contributed by atoms with Crippen molar-refractivity contribution >= 4 is 51.2 Å². The highest BCUT2D eigenvalue weighted by Crippen LogP contribution is 2.32. The van der Waals surface area contributed by atoms with Gasteiger partial charge in [-0.05, 0) is 56.7 Å². The van der Waals surface area contributed by atoms with Gasteiger partial charge in [-0.15, -0.1) is 23.4 Å². The quantitative estimate of drug-likeness (QED) is 0.111. The summed E-state index contributed by atoms with van der Waals surface area (Å²) in [4.78, 5) is 38.7. The predicted octanol–water partition coefficient (Wildman–Crippen LogP) is 6.87. The smallest absolute Gasteiger partial charge is 0.465 e. The van der Waals surface area contributed by atoms with E-state index in [1.807, 2.05) is 12.1 Å². The summed E-state index contributed by atoms with van der Waals surface area (Å²) in [6, 6.07) is 10.8. The Morgan fingerprint density at radius 3 is 2.43 bits per heavy atom. The molecule has 0 fully saturated rings. The van der Waals surface area contributed by atoms with Gasteiger partial charge in [-0.3, -0.25) is 4.98 Å². The number of aromatic nitrogens is 5. The van der Waals surface area contributed by atoms with E-state index in [9.17, 15) is 22.8 Å². The van der Waals surface area contributed by atoms with Crippen molar-refractivity contribution in [2.24, 2.45) is 0 Å². The van der Waals surface area contributed by atoms with Crippen molar-refractivity contribution in [3.8, 4) is 5.75 Å². The van der Waals surface area contributed by atoms with Crippen molar-refractivity contribution in [3.05, 3.63) is 82.7 Å². The van der Waals surface area contributed by atoms with Crippen LogP contribution in [0.5, 0.6) is 5.75 Å². The normalized spacial score (nSPS) is 11.8. The molecule has 5 aromatic rings.